The second-order valence-electron chi connectivity index (χ2n) is 6.11. The van der Waals surface area contributed by atoms with E-state index in [9.17, 15) is 9.18 Å². The monoisotopic (exact) mass is 385 g/mol. The average molecular weight is 385 g/mol. The molecule has 3 rings (SSSR count). The molecule has 3 aromatic carbocycles. The lowest BCUT2D eigenvalue weighted by Gasteiger charge is -2.13. The van der Waals surface area contributed by atoms with E-state index in [2.05, 4.69) is 17.2 Å². The standard InChI is InChI=1S/C25H20FNO2/c1-2-29-25(28)18-24(20-10-4-3-5-11-20)27-23-14-7-6-12-21(23)16-15-19-9-8-13-22(26)17-19/h3-14,17-18,27H,2H2,1H3/b24-18+. The molecular formula is C25H20FNO2. The Morgan fingerprint density at radius 3 is 2.52 bits per heavy atom. The Bertz CT molecular complexity index is 1080. The first-order valence-corrected chi connectivity index (χ1v) is 9.23. The minimum atomic E-state index is -0.429. The van der Waals surface area contributed by atoms with Gasteiger partial charge in [-0.3, -0.25) is 0 Å². The molecule has 0 atom stereocenters. The zero-order valence-corrected chi connectivity index (χ0v) is 16.0. The van der Waals surface area contributed by atoms with Gasteiger partial charge in [0.2, 0.25) is 0 Å². The van der Waals surface area contributed by atoms with Crippen molar-refractivity contribution in [3.05, 3.63) is 107 Å². The van der Waals surface area contributed by atoms with E-state index in [1.165, 1.54) is 18.2 Å². The van der Waals surface area contributed by atoms with Gasteiger partial charge in [0.1, 0.15) is 5.82 Å². The maximum Gasteiger partial charge on any atom is 0.332 e. The molecule has 3 aromatic rings. The van der Waals surface area contributed by atoms with Crippen LogP contribution in [0.25, 0.3) is 5.70 Å². The van der Waals surface area contributed by atoms with Crippen molar-refractivity contribution < 1.29 is 13.9 Å². The Morgan fingerprint density at radius 1 is 1.00 bits per heavy atom. The topological polar surface area (TPSA) is 38.3 Å². The number of halogens is 1. The SMILES string of the molecule is CCOC(=O)/C=C(/Nc1ccccc1C#Cc1cccc(F)c1)c1ccccc1. The quantitative estimate of drug-likeness (QED) is 0.371. The molecule has 0 saturated heterocycles. The van der Waals surface area contributed by atoms with Crippen molar-refractivity contribution in [2.75, 3.05) is 11.9 Å². The Morgan fingerprint density at radius 2 is 1.76 bits per heavy atom. The Balaban J connectivity index is 1.94. The van der Waals surface area contributed by atoms with E-state index in [1.54, 1.807) is 19.1 Å². The molecular weight excluding hydrogens is 365 g/mol. The molecule has 0 saturated carbocycles. The van der Waals surface area contributed by atoms with Crippen LogP contribution in [-0.2, 0) is 9.53 Å². The van der Waals surface area contributed by atoms with E-state index in [0.29, 0.717) is 17.9 Å². The van der Waals surface area contributed by atoms with Crippen LogP contribution in [0.3, 0.4) is 0 Å². The fourth-order valence-electron chi connectivity index (χ4n) is 2.66. The van der Waals surface area contributed by atoms with Crippen molar-refractivity contribution >= 4 is 17.4 Å². The molecule has 0 aliphatic carbocycles. The summed E-state index contributed by atoms with van der Waals surface area (Å²) in [4.78, 5) is 12.0. The van der Waals surface area contributed by atoms with E-state index < -0.39 is 5.97 Å². The Labute approximate surface area is 169 Å². The first-order chi connectivity index (χ1) is 14.2. The molecule has 1 N–H and O–H groups in total. The molecule has 4 heteroatoms. The lowest BCUT2D eigenvalue weighted by Crippen LogP contribution is -2.06. The highest BCUT2D eigenvalue weighted by Gasteiger charge is 2.08. The first-order valence-electron chi connectivity index (χ1n) is 9.23. The molecule has 0 aliphatic rings. The number of rotatable bonds is 5. The molecule has 0 unspecified atom stereocenters. The largest absolute Gasteiger partial charge is 0.463 e. The minimum absolute atomic E-state index is 0.299. The summed E-state index contributed by atoms with van der Waals surface area (Å²) in [5, 5.41) is 3.28. The molecule has 0 spiro atoms. The highest BCUT2D eigenvalue weighted by molar-refractivity contribution is 5.94. The first kappa shape index (κ1) is 19.9. The molecule has 0 radical (unpaired) electrons. The number of hydrogen-bond donors (Lipinski definition) is 1. The molecule has 0 amide bonds. The molecule has 3 nitrogen and oxygen atoms in total. The third-order valence-electron chi connectivity index (χ3n) is 4.00. The molecule has 144 valence electrons. The predicted molar refractivity (Wildman–Crippen MR) is 113 cm³/mol. The van der Waals surface area contributed by atoms with Gasteiger partial charge in [-0.1, -0.05) is 60.4 Å². The van der Waals surface area contributed by atoms with E-state index in [4.69, 9.17) is 4.74 Å². The Kier molecular flexibility index (Phi) is 6.80. The predicted octanol–water partition coefficient (Wildman–Crippen LogP) is 5.24. The summed E-state index contributed by atoms with van der Waals surface area (Å²) in [5.74, 6) is 5.29. The summed E-state index contributed by atoms with van der Waals surface area (Å²) in [5.41, 5.74) is 3.49. The zero-order valence-electron chi connectivity index (χ0n) is 16.0. The average Bonchev–Trinajstić information content (AvgIpc) is 2.73. The van der Waals surface area contributed by atoms with Gasteiger partial charge in [0, 0.05) is 17.2 Å². The second kappa shape index (κ2) is 9.91. The van der Waals surface area contributed by atoms with Crippen molar-refractivity contribution in [1.29, 1.82) is 0 Å². The number of carbonyl (C=O) groups excluding carboxylic acids is 1. The summed E-state index contributed by atoms with van der Waals surface area (Å²) in [6, 6.07) is 23.1. The summed E-state index contributed by atoms with van der Waals surface area (Å²) < 4.78 is 18.4. The number of carbonyl (C=O) groups is 1. The number of ether oxygens (including phenoxy) is 1. The molecule has 0 aliphatic heterocycles. The maximum absolute atomic E-state index is 13.4. The van der Waals surface area contributed by atoms with Crippen LogP contribution in [0.1, 0.15) is 23.6 Å². The Hall–Kier alpha value is -3.84. The summed E-state index contributed by atoms with van der Waals surface area (Å²) >= 11 is 0. The number of nitrogens with one attached hydrogen (secondary N) is 1. The molecule has 0 fully saturated rings. The normalized spacial score (nSPS) is 10.6. The van der Waals surface area contributed by atoms with Gasteiger partial charge in [-0.25, -0.2) is 9.18 Å². The number of para-hydroxylation sites is 1. The highest BCUT2D eigenvalue weighted by atomic mass is 19.1. The van der Waals surface area contributed by atoms with Crippen LogP contribution in [0.2, 0.25) is 0 Å². The van der Waals surface area contributed by atoms with Gasteiger partial charge in [0.25, 0.3) is 0 Å². The van der Waals surface area contributed by atoms with Crippen LogP contribution < -0.4 is 5.32 Å². The maximum atomic E-state index is 13.4. The van der Waals surface area contributed by atoms with Crippen LogP contribution in [0.5, 0.6) is 0 Å². The van der Waals surface area contributed by atoms with Gasteiger partial charge < -0.3 is 10.1 Å². The van der Waals surface area contributed by atoms with Gasteiger partial charge in [0.15, 0.2) is 0 Å². The van der Waals surface area contributed by atoms with Crippen LogP contribution in [0.4, 0.5) is 10.1 Å². The van der Waals surface area contributed by atoms with Gasteiger partial charge in [-0.05, 0) is 42.8 Å². The highest BCUT2D eigenvalue weighted by Crippen LogP contribution is 2.22. The van der Waals surface area contributed by atoms with Crippen molar-refractivity contribution in [2.45, 2.75) is 6.92 Å². The van der Waals surface area contributed by atoms with Crippen molar-refractivity contribution in [3.8, 4) is 11.8 Å². The zero-order chi connectivity index (χ0) is 20.5. The van der Waals surface area contributed by atoms with Crippen LogP contribution >= 0.6 is 0 Å². The summed E-state index contributed by atoms with van der Waals surface area (Å²) in [6.45, 7) is 2.06. The third kappa shape index (κ3) is 5.82. The number of esters is 1. The van der Waals surface area contributed by atoms with E-state index >= 15 is 0 Å². The molecule has 0 aromatic heterocycles. The number of benzene rings is 3. The lowest BCUT2D eigenvalue weighted by molar-refractivity contribution is -0.137. The number of hydrogen-bond acceptors (Lipinski definition) is 3. The van der Waals surface area contributed by atoms with E-state index in [1.807, 2.05) is 54.6 Å². The smallest absolute Gasteiger partial charge is 0.332 e. The van der Waals surface area contributed by atoms with Crippen molar-refractivity contribution in [3.63, 3.8) is 0 Å². The summed E-state index contributed by atoms with van der Waals surface area (Å²) in [7, 11) is 0. The van der Waals surface area contributed by atoms with Gasteiger partial charge in [-0.15, -0.1) is 0 Å². The van der Waals surface area contributed by atoms with Gasteiger partial charge in [-0.2, -0.15) is 0 Å². The van der Waals surface area contributed by atoms with E-state index in [-0.39, 0.29) is 5.82 Å². The molecule has 0 heterocycles. The van der Waals surface area contributed by atoms with Crippen molar-refractivity contribution in [2.24, 2.45) is 0 Å². The van der Waals surface area contributed by atoms with E-state index in [0.717, 1.165) is 16.8 Å². The van der Waals surface area contributed by atoms with Crippen molar-refractivity contribution in [1.82, 2.24) is 0 Å². The third-order valence-corrected chi connectivity index (χ3v) is 4.00. The number of anilines is 1. The molecule has 0 bridgehead atoms. The van der Waals surface area contributed by atoms with Crippen LogP contribution in [0, 0.1) is 17.7 Å². The van der Waals surface area contributed by atoms with Gasteiger partial charge in [0.05, 0.1) is 18.0 Å². The fourth-order valence-corrected chi connectivity index (χ4v) is 2.66. The molecule has 29 heavy (non-hydrogen) atoms. The van der Waals surface area contributed by atoms with Crippen LogP contribution in [-0.4, -0.2) is 12.6 Å². The second-order valence-corrected chi connectivity index (χ2v) is 6.11. The van der Waals surface area contributed by atoms with Gasteiger partial charge >= 0.3 is 5.97 Å². The lowest BCUT2D eigenvalue weighted by atomic mass is 10.1. The summed E-state index contributed by atoms with van der Waals surface area (Å²) in [6.07, 6.45) is 1.43. The minimum Gasteiger partial charge on any atom is -0.463 e. The van der Waals surface area contributed by atoms with Crippen LogP contribution in [0.15, 0.2) is 84.9 Å². The fraction of sp³-hybridized carbons (Fsp3) is 0.0800.